The zero-order valence-electron chi connectivity index (χ0n) is 18.1. The lowest BCUT2D eigenvalue weighted by Gasteiger charge is -2.32. The van der Waals surface area contributed by atoms with Gasteiger partial charge in [0.25, 0.3) is 0 Å². The van der Waals surface area contributed by atoms with Crippen molar-refractivity contribution < 1.29 is 18.3 Å². The molecule has 30 heavy (non-hydrogen) atoms. The van der Waals surface area contributed by atoms with Gasteiger partial charge in [0.2, 0.25) is 0 Å². The highest BCUT2D eigenvalue weighted by atomic mass is 127. The fourth-order valence-corrected chi connectivity index (χ4v) is 3.49. The summed E-state index contributed by atoms with van der Waals surface area (Å²) in [6.07, 6.45) is 4.03. The molecule has 0 bridgehead atoms. The summed E-state index contributed by atoms with van der Waals surface area (Å²) in [6, 6.07) is 5.50. The minimum absolute atomic E-state index is 0. The van der Waals surface area contributed by atoms with E-state index >= 15 is 0 Å². The fourth-order valence-electron chi connectivity index (χ4n) is 3.49. The molecule has 172 valence electrons. The third-order valence-corrected chi connectivity index (χ3v) is 4.93. The van der Waals surface area contributed by atoms with Gasteiger partial charge in [0.15, 0.2) is 17.5 Å². The standard InChI is InChI=1S/C21H34F2N4O2.HI/c1-4-12-27-13-9-17(10-14-27)26-21(24-5-2)25-11-8-16-6-7-18(28-3)19(15-16)29-20(22)23;/h6-7,15,17,20H,4-5,8-14H2,1-3H3,(H2,24,25,26);1H. The maximum atomic E-state index is 12.6. The van der Waals surface area contributed by atoms with Gasteiger partial charge in [0.05, 0.1) is 7.11 Å². The Morgan fingerprint density at radius 2 is 1.97 bits per heavy atom. The normalized spacial score (nSPS) is 15.6. The van der Waals surface area contributed by atoms with Crippen LogP contribution in [0.3, 0.4) is 0 Å². The minimum Gasteiger partial charge on any atom is -0.493 e. The number of nitrogens with zero attached hydrogens (tertiary/aromatic N) is 2. The molecule has 2 N–H and O–H groups in total. The van der Waals surface area contributed by atoms with E-state index in [0.29, 0.717) is 24.8 Å². The zero-order chi connectivity index (χ0) is 21.1. The number of methoxy groups -OCH3 is 1. The smallest absolute Gasteiger partial charge is 0.387 e. The van der Waals surface area contributed by atoms with E-state index in [1.54, 1.807) is 12.1 Å². The summed E-state index contributed by atoms with van der Waals surface area (Å²) in [5, 5.41) is 6.82. The van der Waals surface area contributed by atoms with Gasteiger partial charge in [-0.2, -0.15) is 8.78 Å². The number of hydrogen-bond donors (Lipinski definition) is 2. The number of halogens is 3. The zero-order valence-corrected chi connectivity index (χ0v) is 20.5. The Balaban J connectivity index is 0.00000450. The number of nitrogens with one attached hydrogen (secondary N) is 2. The van der Waals surface area contributed by atoms with Crippen LogP contribution >= 0.6 is 24.0 Å². The van der Waals surface area contributed by atoms with Gasteiger partial charge in [-0.25, -0.2) is 0 Å². The van der Waals surface area contributed by atoms with Crippen LogP contribution in [0.5, 0.6) is 11.5 Å². The van der Waals surface area contributed by atoms with E-state index in [0.717, 1.165) is 44.0 Å². The van der Waals surface area contributed by atoms with Gasteiger partial charge in [0, 0.05) is 32.2 Å². The molecule has 2 rings (SSSR count). The summed E-state index contributed by atoms with van der Waals surface area (Å²) in [5.41, 5.74) is 0.869. The molecular weight excluding hydrogens is 505 g/mol. The Morgan fingerprint density at radius 3 is 2.57 bits per heavy atom. The Morgan fingerprint density at radius 1 is 1.23 bits per heavy atom. The van der Waals surface area contributed by atoms with E-state index in [1.807, 2.05) is 13.0 Å². The lowest BCUT2D eigenvalue weighted by atomic mass is 10.1. The van der Waals surface area contributed by atoms with Crippen LogP contribution in [0.4, 0.5) is 8.78 Å². The van der Waals surface area contributed by atoms with E-state index in [1.165, 1.54) is 20.1 Å². The summed E-state index contributed by atoms with van der Waals surface area (Å²) >= 11 is 0. The van der Waals surface area contributed by atoms with Gasteiger partial charge in [-0.1, -0.05) is 13.0 Å². The second-order valence-corrected chi connectivity index (χ2v) is 7.13. The van der Waals surface area contributed by atoms with Crippen molar-refractivity contribution in [3.63, 3.8) is 0 Å². The maximum Gasteiger partial charge on any atom is 0.387 e. The molecule has 6 nitrogen and oxygen atoms in total. The molecule has 1 aliphatic heterocycles. The number of benzene rings is 1. The molecule has 0 spiro atoms. The van der Waals surface area contributed by atoms with Gasteiger partial charge in [-0.05, 0) is 56.8 Å². The molecule has 1 heterocycles. The molecule has 0 atom stereocenters. The summed E-state index contributed by atoms with van der Waals surface area (Å²) < 4.78 is 34.8. The average molecular weight is 540 g/mol. The van der Waals surface area contributed by atoms with Crippen LogP contribution in [0, 0.1) is 0 Å². The quantitative estimate of drug-likeness (QED) is 0.268. The molecule has 1 aliphatic rings. The molecule has 1 fully saturated rings. The summed E-state index contributed by atoms with van der Waals surface area (Å²) in [7, 11) is 1.43. The van der Waals surface area contributed by atoms with Crippen molar-refractivity contribution in [2.24, 2.45) is 4.99 Å². The van der Waals surface area contributed by atoms with E-state index in [9.17, 15) is 8.78 Å². The summed E-state index contributed by atoms with van der Waals surface area (Å²) in [5.74, 6) is 1.15. The van der Waals surface area contributed by atoms with E-state index in [4.69, 9.17) is 4.74 Å². The molecular formula is C21H35F2IN4O2. The molecule has 0 radical (unpaired) electrons. The number of likely N-dealkylation sites (tertiary alicyclic amines) is 1. The largest absolute Gasteiger partial charge is 0.493 e. The molecule has 0 aliphatic carbocycles. The number of aliphatic imine (C=N–C) groups is 1. The highest BCUT2D eigenvalue weighted by Gasteiger charge is 2.19. The maximum absolute atomic E-state index is 12.6. The third-order valence-electron chi connectivity index (χ3n) is 4.93. The van der Waals surface area contributed by atoms with Crippen LogP contribution in [0.25, 0.3) is 0 Å². The number of piperidine rings is 1. The fraction of sp³-hybridized carbons (Fsp3) is 0.667. The molecule has 0 aromatic heterocycles. The number of guanidine groups is 1. The molecule has 9 heteroatoms. The second-order valence-electron chi connectivity index (χ2n) is 7.13. The first-order chi connectivity index (χ1) is 14.0. The molecule has 0 unspecified atom stereocenters. The van der Waals surface area contributed by atoms with E-state index in [2.05, 4.69) is 32.2 Å². The molecule has 1 aromatic rings. The number of rotatable bonds is 10. The van der Waals surface area contributed by atoms with Crippen LogP contribution in [-0.2, 0) is 6.42 Å². The SMILES string of the molecule is CCCN1CCC(NC(=NCCc2ccc(OC)c(OC(F)F)c2)NCC)CC1.I. The second kappa shape index (κ2) is 14.6. The van der Waals surface area contributed by atoms with Crippen LogP contribution in [0.1, 0.15) is 38.7 Å². The minimum atomic E-state index is -2.88. The van der Waals surface area contributed by atoms with Crippen molar-refractivity contribution in [2.45, 2.75) is 52.2 Å². The first-order valence-corrected chi connectivity index (χ1v) is 10.4. The first kappa shape index (κ1) is 26.7. The van der Waals surface area contributed by atoms with Gasteiger partial charge in [-0.3, -0.25) is 4.99 Å². The van der Waals surface area contributed by atoms with Crippen molar-refractivity contribution in [2.75, 3.05) is 39.8 Å². The van der Waals surface area contributed by atoms with E-state index in [-0.39, 0.29) is 29.7 Å². The lowest BCUT2D eigenvalue weighted by Crippen LogP contribution is -2.48. The predicted octanol–water partition coefficient (Wildman–Crippen LogP) is 3.89. The van der Waals surface area contributed by atoms with Gasteiger partial charge in [0.1, 0.15) is 0 Å². The Labute approximate surface area is 195 Å². The highest BCUT2D eigenvalue weighted by molar-refractivity contribution is 14.0. The van der Waals surface area contributed by atoms with Crippen LogP contribution < -0.4 is 20.1 Å². The molecule has 0 saturated carbocycles. The number of ether oxygens (including phenoxy) is 2. The molecule has 0 amide bonds. The van der Waals surface area contributed by atoms with E-state index < -0.39 is 6.61 Å². The summed E-state index contributed by atoms with van der Waals surface area (Å²) in [4.78, 5) is 7.16. The number of alkyl halides is 2. The van der Waals surface area contributed by atoms with Gasteiger partial charge < -0.3 is 25.0 Å². The van der Waals surface area contributed by atoms with Crippen molar-refractivity contribution >= 4 is 29.9 Å². The van der Waals surface area contributed by atoms with Gasteiger partial charge >= 0.3 is 6.61 Å². The lowest BCUT2D eigenvalue weighted by molar-refractivity contribution is -0.0512. The molecule has 1 aromatic carbocycles. The van der Waals surface area contributed by atoms with Crippen molar-refractivity contribution in [1.29, 1.82) is 0 Å². The molecule has 1 saturated heterocycles. The van der Waals surface area contributed by atoms with Crippen molar-refractivity contribution in [3.8, 4) is 11.5 Å². The Hall–Kier alpha value is -1.36. The van der Waals surface area contributed by atoms with Crippen LogP contribution in [0.2, 0.25) is 0 Å². The van der Waals surface area contributed by atoms with Gasteiger partial charge in [-0.15, -0.1) is 24.0 Å². The van der Waals surface area contributed by atoms with Crippen LogP contribution in [0.15, 0.2) is 23.2 Å². The van der Waals surface area contributed by atoms with Crippen LogP contribution in [-0.4, -0.2) is 63.3 Å². The first-order valence-electron chi connectivity index (χ1n) is 10.4. The Kier molecular flexibility index (Phi) is 13.0. The summed E-state index contributed by atoms with van der Waals surface area (Å²) in [6.45, 7) is 6.10. The third kappa shape index (κ3) is 9.20. The monoisotopic (exact) mass is 540 g/mol. The number of hydrogen-bond acceptors (Lipinski definition) is 4. The highest BCUT2D eigenvalue weighted by Crippen LogP contribution is 2.29. The van der Waals surface area contributed by atoms with Crippen molar-refractivity contribution in [1.82, 2.24) is 15.5 Å². The average Bonchev–Trinajstić information content (AvgIpc) is 2.69. The predicted molar refractivity (Wildman–Crippen MR) is 128 cm³/mol. The Bertz CT molecular complexity index is 641. The van der Waals surface area contributed by atoms with Crippen molar-refractivity contribution in [3.05, 3.63) is 23.8 Å². The topological polar surface area (TPSA) is 58.1 Å².